The van der Waals surface area contributed by atoms with E-state index in [1.54, 1.807) is 14.2 Å². The molecule has 2 aromatic carbocycles. The summed E-state index contributed by atoms with van der Waals surface area (Å²) in [7, 11) is 3.31. The monoisotopic (exact) mass is 393 g/mol. The SMILES string of the molecule is COc1ccc(OC)c([C@H]2CCCN2C(=O)c2ccc(N3CCC(C)=N3)cc2)c1. The molecule has 6 heteroatoms. The first kappa shape index (κ1) is 19.3. The van der Waals surface area contributed by atoms with Crippen LogP contribution < -0.4 is 14.5 Å². The molecule has 1 amide bonds. The Morgan fingerprint density at radius 2 is 1.86 bits per heavy atom. The Morgan fingerprint density at radius 3 is 2.52 bits per heavy atom. The van der Waals surface area contributed by atoms with Crippen LogP contribution in [0.4, 0.5) is 5.69 Å². The Morgan fingerprint density at radius 1 is 1.07 bits per heavy atom. The number of hydrazone groups is 1. The molecule has 29 heavy (non-hydrogen) atoms. The minimum Gasteiger partial charge on any atom is -0.497 e. The highest BCUT2D eigenvalue weighted by Gasteiger charge is 2.32. The zero-order valence-corrected chi connectivity index (χ0v) is 17.2. The number of carbonyl (C=O) groups is 1. The molecule has 0 saturated carbocycles. The predicted molar refractivity (Wildman–Crippen MR) is 114 cm³/mol. The summed E-state index contributed by atoms with van der Waals surface area (Å²) in [6, 6.07) is 13.5. The van der Waals surface area contributed by atoms with Gasteiger partial charge in [-0.25, -0.2) is 0 Å². The molecule has 2 heterocycles. The quantitative estimate of drug-likeness (QED) is 0.761. The summed E-state index contributed by atoms with van der Waals surface area (Å²) in [6.07, 6.45) is 2.87. The van der Waals surface area contributed by atoms with Gasteiger partial charge in [-0.15, -0.1) is 0 Å². The van der Waals surface area contributed by atoms with Gasteiger partial charge in [0, 0.05) is 36.3 Å². The molecule has 4 rings (SSSR count). The van der Waals surface area contributed by atoms with Crippen LogP contribution >= 0.6 is 0 Å². The molecule has 0 bridgehead atoms. The number of ether oxygens (including phenoxy) is 2. The lowest BCUT2D eigenvalue weighted by Crippen LogP contribution is -2.30. The Labute approximate surface area is 171 Å². The molecule has 1 saturated heterocycles. The first-order chi connectivity index (χ1) is 14.1. The van der Waals surface area contributed by atoms with Gasteiger partial charge in [-0.2, -0.15) is 5.10 Å². The number of carbonyl (C=O) groups excluding carboxylic acids is 1. The van der Waals surface area contributed by atoms with E-state index in [2.05, 4.69) is 5.10 Å². The summed E-state index contributed by atoms with van der Waals surface area (Å²) in [6.45, 7) is 3.67. The highest BCUT2D eigenvalue weighted by molar-refractivity contribution is 5.95. The minimum absolute atomic E-state index is 0.0157. The molecule has 0 spiro atoms. The number of likely N-dealkylation sites (tertiary alicyclic amines) is 1. The first-order valence-electron chi connectivity index (χ1n) is 10.1. The molecule has 2 aliphatic rings. The molecule has 152 valence electrons. The molecule has 2 aromatic rings. The Balaban J connectivity index is 1.57. The average Bonchev–Trinajstić information content (AvgIpc) is 3.42. The van der Waals surface area contributed by atoms with Gasteiger partial charge in [-0.05, 0) is 62.2 Å². The third kappa shape index (κ3) is 3.79. The Bertz CT molecular complexity index is 923. The topological polar surface area (TPSA) is 54.4 Å². The molecule has 1 atom stereocenters. The summed E-state index contributed by atoms with van der Waals surface area (Å²) >= 11 is 0. The molecule has 0 aromatic heterocycles. The maximum Gasteiger partial charge on any atom is 0.254 e. The molecule has 1 fully saturated rings. The van der Waals surface area contributed by atoms with Crippen LogP contribution in [0.5, 0.6) is 11.5 Å². The van der Waals surface area contributed by atoms with E-state index in [1.807, 2.05) is 59.3 Å². The van der Waals surface area contributed by atoms with Gasteiger partial charge >= 0.3 is 0 Å². The zero-order valence-electron chi connectivity index (χ0n) is 17.2. The van der Waals surface area contributed by atoms with Crippen LogP contribution in [-0.2, 0) is 0 Å². The number of methoxy groups -OCH3 is 2. The van der Waals surface area contributed by atoms with E-state index in [9.17, 15) is 4.79 Å². The smallest absolute Gasteiger partial charge is 0.254 e. The van der Waals surface area contributed by atoms with E-state index in [4.69, 9.17) is 9.47 Å². The standard InChI is InChI=1S/C23H27N3O3/c1-16-12-14-26(24-16)18-8-6-17(7-9-18)23(27)25-13-4-5-21(25)20-15-19(28-2)10-11-22(20)29-3/h6-11,15,21H,4-5,12-14H2,1-3H3/t21-/m1/s1. The van der Waals surface area contributed by atoms with Crippen molar-refractivity contribution < 1.29 is 14.3 Å². The number of anilines is 1. The van der Waals surface area contributed by atoms with E-state index in [0.29, 0.717) is 5.56 Å². The maximum atomic E-state index is 13.3. The van der Waals surface area contributed by atoms with E-state index >= 15 is 0 Å². The lowest BCUT2D eigenvalue weighted by atomic mass is 10.0. The lowest BCUT2D eigenvalue weighted by molar-refractivity contribution is 0.0734. The van der Waals surface area contributed by atoms with Crippen LogP contribution in [0, 0.1) is 0 Å². The van der Waals surface area contributed by atoms with Crippen molar-refractivity contribution in [2.24, 2.45) is 5.10 Å². The van der Waals surface area contributed by atoms with Crippen molar-refractivity contribution >= 4 is 17.3 Å². The van der Waals surface area contributed by atoms with Gasteiger partial charge < -0.3 is 14.4 Å². The van der Waals surface area contributed by atoms with Crippen molar-refractivity contribution in [1.82, 2.24) is 4.90 Å². The summed E-state index contributed by atoms with van der Waals surface area (Å²) < 4.78 is 11.0. The average molecular weight is 393 g/mol. The highest BCUT2D eigenvalue weighted by atomic mass is 16.5. The molecule has 6 nitrogen and oxygen atoms in total. The fourth-order valence-corrected chi connectivity index (χ4v) is 4.14. The molecular weight excluding hydrogens is 366 g/mol. The third-order valence-electron chi connectivity index (χ3n) is 5.70. The van der Waals surface area contributed by atoms with E-state index < -0.39 is 0 Å². The van der Waals surface area contributed by atoms with Gasteiger partial charge in [0.25, 0.3) is 5.91 Å². The molecule has 0 radical (unpaired) electrons. The number of hydrogen-bond donors (Lipinski definition) is 0. The second kappa shape index (κ2) is 8.15. The highest BCUT2D eigenvalue weighted by Crippen LogP contribution is 2.39. The predicted octanol–water partition coefficient (Wildman–Crippen LogP) is 4.27. The van der Waals surface area contributed by atoms with Crippen molar-refractivity contribution in [3.05, 3.63) is 53.6 Å². The summed E-state index contributed by atoms with van der Waals surface area (Å²) in [5, 5.41) is 6.52. The second-order valence-corrected chi connectivity index (χ2v) is 7.52. The summed E-state index contributed by atoms with van der Waals surface area (Å²) in [5.41, 5.74) is 3.85. The van der Waals surface area contributed by atoms with Crippen molar-refractivity contribution in [3.8, 4) is 11.5 Å². The van der Waals surface area contributed by atoms with Crippen molar-refractivity contribution in [2.75, 3.05) is 32.3 Å². The van der Waals surface area contributed by atoms with Gasteiger partial charge in [-0.1, -0.05) is 0 Å². The Hall–Kier alpha value is -3.02. The maximum absolute atomic E-state index is 13.3. The van der Waals surface area contributed by atoms with E-state index in [0.717, 1.165) is 60.8 Å². The van der Waals surface area contributed by atoms with Gasteiger partial charge in [-0.3, -0.25) is 9.80 Å². The molecular formula is C23H27N3O3. The normalized spacial score (nSPS) is 18.7. The van der Waals surface area contributed by atoms with Gasteiger partial charge in [0.05, 0.1) is 25.9 Å². The van der Waals surface area contributed by atoms with Gasteiger partial charge in [0.15, 0.2) is 0 Å². The number of rotatable bonds is 5. The number of nitrogens with zero attached hydrogens (tertiary/aromatic N) is 3. The van der Waals surface area contributed by atoms with E-state index in [1.165, 1.54) is 0 Å². The fourth-order valence-electron chi connectivity index (χ4n) is 4.14. The van der Waals surface area contributed by atoms with Gasteiger partial charge in [0.1, 0.15) is 11.5 Å². The van der Waals surface area contributed by atoms with Crippen LogP contribution in [0.2, 0.25) is 0 Å². The van der Waals surface area contributed by atoms with Crippen molar-refractivity contribution in [2.45, 2.75) is 32.2 Å². The second-order valence-electron chi connectivity index (χ2n) is 7.52. The molecule has 0 unspecified atom stereocenters. The minimum atomic E-state index is -0.0157. The lowest BCUT2D eigenvalue weighted by Gasteiger charge is -2.27. The summed E-state index contributed by atoms with van der Waals surface area (Å²) in [5.74, 6) is 1.60. The van der Waals surface area contributed by atoms with Crippen LogP contribution in [0.3, 0.4) is 0 Å². The Kier molecular flexibility index (Phi) is 5.43. The van der Waals surface area contributed by atoms with Gasteiger partial charge in [0.2, 0.25) is 0 Å². The molecule has 0 N–H and O–H groups in total. The third-order valence-corrected chi connectivity index (χ3v) is 5.70. The number of hydrogen-bond acceptors (Lipinski definition) is 5. The van der Waals surface area contributed by atoms with Crippen molar-refractivity contribution in [1.29, 1.82) is 0 Å². The fraction of sp³-hybridized carbons (Fsp3) is 0.391. The first-order valence-corrected chi connectivity index (χ1v) is 10.1. The number of amides is 1. The van der Waals surface area contributed by atoms with Crippen LogP contribution in [-0.4, -0.2) is 43.8 Å². The van der Waals surface area contributed by atoms with Crippen LogP contribution in [0.15, 0.2) is 47.6 Å². The van der Waals surface area contributed by atoms with Crippen molar-refractivity contribution in [3.63, 3.8) is 0 Å². The molecule has 2 aliphatic heterocycles. The van der Waals surface area contributed by atoms with Crippen LogP contribution in [0.25, 0.3) is 0 Å². The zero-order chi connectivity index (χ0) is 20.4. The largest absolute Gasteiger partial charge is 0.497 e. The molecule has 0 aliphatic carbocycles. The number of benzene rings is 2. The summed E-state index contributed by atoms with van der Waals surface area (Å²) in [4.78, 5) is 15.2. The van der Waals surface area contributed by atoms with E-state index in [-0.39, 0.29) is 11.9 Å². The van der Waals surface area contributed by atoms with Crippen LogP contribution in [0.1, 0.15) is 48.1 Å².